The SMILES string of the molecule is CC(C)c1ccc(C(=O)N2CCC[C@H](C(=O)Cc3ccccc3)C2)c(=O)[nH]1. The third-order valence-corrected chi connectivity index (χ3v) is 5.17. The standard InChI is InChI=1S/C22H26N2O3/c1-15(2)19-11-10-18(21(26)23-19)22(27)24-12-6-9-17(14-24)20(25)13-16-7-4-3-5-8-16/h3-5,7-8,10-11,15,17H,6,9,12-14H2,1-2H3,(H,23,26)/t17-/m0/s1. The Kier molecular flexibility index (Phi) is 5.89. The Morgan fingerprint density at radius 3 is 2.56 bits per heavy atom. The highest BCUT2D eigenvalue weighted by Gasteiger charge is 2.29. The van der Waals surface area contributed by atoms with Gasteiger partial charge in [0.15, 0.2) is 0 Å². The summed E-state index contributed by atoms with van der Waals surface area (Å²) < 4.78 is 0. The number of Topliss-reactive ketones (excluding diaryl/α,β-unsaturated/α-hetero) is 1. The van der Waals surface area contributed by atoms with Crippen molar-refractivity contribution >= 4 is 11.7 Å². The maximum absolute atomic E-state index is 12.8. The first-order chi connectivity index (χ1) is 13.0. The topological polar surface area (TPSA) is 70.2 Å². The molecule has 1 aromatic carbocycles. The van der Waals surface area contributed by atoms with E-state index in [2.05, 4.69) is 4.98 Å². The normalized spacial score (nSPS) is 17.1. The van der Waals surface area contributed by atoms with Crippen molar-refractivity contribution in [1.29, 1.82) is 0 Å². The van der Waals surface area contributed by atoms with Gasteiger partial charge < -0.3 is 9.88 Å². The first-order valence-corrected chi connectivity index (χ1v) is 9.55. The monoisotopic (exact) mass is 366 g/mol. The number of hydrogen-bond donors (Lipinski definition) is 1. The van der Waals surface area contributed by atoms with Crippen LogP contribution in [0.3, 0.4) is 0 Å². The molecule has 5 heteroatoms. The van der Waals surface area contributed by atoms with Gasteiger partial charge in [-0.15, -0.1) is 0 Å². The lowest BCUT2D eigenvalue weighted by atomic mass is 9.90. The van der Waals surface area contributed by atoms with E-state index in [1.54, 1.807) is 17.0 Å². The summed E-state index contributed by atoms with van der Waals surface area (Å²) in [5.41, 5.74) is 1.59. The van der Waals surface area contributed by atoms with E-state index < -0.39 is 0 Å². The van der Waals surface area contributed by atoms with Gasteiger partial charge in [0.25, 0.3) is 11.5 Å². The van der Waals surface area contributed by atoms with Crippen LogP contribution in [0.5, 0.6) is 0 Å². The number of amides is 1. The molecular formula is C22H26N2O3. The molecule has 0 unspecified atom stereocenters. The second-order valence-corrected chi connectivity index (χ2v) is 7.53. The molecule has 1 aromatic heterocycles. The molecule has 2 heterocycles. The number of nitrogens with zero attached hydrogens (tertiary/aromatic N) is 1. The maximum Gasteiger partial charge on any atom is 0.261 e. The van der Waals surface area contributed by atoms with Crippen molar-refractivity contribution in [2.45, 2.75) is 39.0 Å². The molecule has 1 saturated heterocycles. The minimum Gasteiger partial charge on any atom is -0.338 e. The first kappa shape index (κ1) is 19.1. The fraction of sp³-hybridized carbons (Fsp3) is 0.409. The van der Waals surface area contributed by atoms with Crippen LogP contribution >= 0.6 is 0 Å². The van der Waals surface area contributed by atoms with Gasteiger partial charge in [-0.1, -0.05) is 44.2 Å². The smallest absolute Gasteiger partial charge is 0.261 e. The van der Waals surface area contributed by atoms with Crippen molar-refractivity contribution < 1.29 is 9.59 Å². The van der Waals surface area contributed by atoms with Crippen LogP contribution in [0.2, 0.25) is 0 Å². The number of benzene rings is 1. The van der Waals surface area contributed by atoms with Crippen LogP contribution in [-0.2, 0) is 11.2 Å². The Hall–Kier alpha value is -2.69. The molecule has 1 N–H and O–H groups in total. The highest BCUT2D eigenvalue weighted by atomic mass is 16.2. The molecule has 0 radical (unpaired) electrons. The average Bonchev–Trinajstić information content (AvgIpc) is 2.68. The Balaban J connectivity index is 1.69. The molecule has 0 saturated carbocycles. The molecule has 5 nitrogen and oxygen atoms in total. The third kappa shape index (κ3) is 4.54. The average molecular weight is 366 g/mol. The number of carbonyl (C=O) groups is 2. The van der Waals surface area contributed by atoms with Gasteiger partial charge in [-0.2, -0.15) is 0 Å². The summed E-state index contributed by atoms with van der Waals surface area (Å²) in [4.78, 5) is 42.2. The molecule has 0 spiro atoms. The summed E-state index contributed by atoms with van der Waals surface area (Å²) in [5, 5.41) is 0. The number of rotatable bonds is 5. The summed E-state index contributed by atoms with van der Waals surface area (Å²) in [6.45, 7) is 4.94. The Labute approximate surface area is 159 Å². The number of pyridine rings is 1. The number of hydrogen-bond acceptors (Lipinski definition) is 3. The Morgan fingerprint density at radius 2 is 1.89 bits per heavy atom. The fourth-order valence-corrected chi connectivity index (χ4v) is 3.53. The summed E-state index contributed by atoms with van der Waals surface area (Å²) >= 11 is 0. The van der Waals surface area contributed by atoms with E-state index in [0.717, 1.165) is 24.1 Å². The minimum absolute atomic E-state index is 0.149. The third-order valence-electron chi connectivity index (χ3n) is 5.17. The van der Waals surface area contributed by atoms with Crippen molar-refractivity contribution in [2.24, 2.45) is 5.92 Å². The zero-order chi connectivity index (χ0) is 19.4. The van der Waals surface area contributed by atoms with Gasteiger partial charge in [-0.3, -0.25) is 14.4 Å². The van der Waals surface area contributed by atoms with Crippen molar-refractivity contribution in [2.75, 3.05) is 13.1 Å². The van der Waals surface area contributed by atoms with Crippen LogP contribution in [0.15, 0.2) is 47.3 Å². The predicted molar refractivity (Wildman–Crippen MR) is 105 cm³/mol. The summed E-state index contributed by atoms with van der Waals surface area (Å²) in [7, 11) is 0. The Bertz CT molecular complexity index is 871. The van der Waals surface area contributed by atoms with E-state index in [1.165, 1.54) is 0 Å². The van der Waals surface area contributed by atoms with E-state index in [-0.39, 0.29) is 34.6 Å². The largest absolute Gasteiger partial charge is 0.338 e. The minimum atomic E-state index is -0.357. The molecule has 2 aromatic rings. The quantitative estimate of drug-likeness (QED) is 0.884. The maximum atomic E-state index is 12.8. The van der Waals surface area contributed by atoms with Crippen LogP contribution in [0.4, 0.5) is 0 Å². The van der Waals surface area contributed by atoms with Gasteiger partial charge in [0, 0.05) is 31.1 Å². The molecule has 0 aliphatic carbocycles. The molecular weight excluding hydrogens is 340 g/mol. The summed E-state index contributed by atoms with van der Waals surface area (Å²) in [5.74, 6) is -0.111. The number of piperidine rings is 1. The number of nitrogens with one attached hydrogen (secondary N) is 1. The molecule has 1 aliphatic heterocycles. The van der Waals surface area contributed by atoms with E-state index in [4.69, 9.17) is 0 Å². The lowest BCUT2D eigenvalue weighted by Crippen LogP contribution is -2.44. The fourth-order valence-electron chi connectivity index (χ4n) is 3.53. The summed E-state index contributed by atoms with van der Waals surface area (Å²) in [6.07, 6.45) is 1.95. The summed E-state index contributed by atoms with van der Waals surface area (Å²) in [6, 6.07) is 13.1. The highest BCUT2D eigenvalue weighted by molar-refractivity contribution is 5.94. The van der Waals surface area contributed by atoms with Crippen LogP contribution in [0.25, 0.3) is 0 Å². The Morgan fingerprint density at radius 1 is 1.15 bits per heavy atom. The van der Waals surface area contributed by atoms with Crippen LogP contribution in [-0.4, -0.2) is 34.7 Å². The van der Waals surface area contributed by atoms with Crippen molar-refractivity contribution in [3.8, 4) is 0 Å². The number of ketones is 1. The molecule has 3 rings (SSSR count). The number of likely N-dealkylation sites (tertiary alicyclic amines) is 1. The zero-order valence-corrected chi connectivity index (χ0v) is 15.9. The zero-order valence-electron chi connectivity index (χ0n) is 15.9. The van der Waals surface area contributed by atoms with Crippen molar-refractivity contribution in [3.05, 3.63) is 69.6 Å². The van der Waals surface area contributed by atoms with Gasteiger partial charge in [0.05, 0.1) is 0 Å². The molecule has 1 amide bonds. The molecule has 1 aliphatic rings. The highest BCUT2D eigenvalue weighted by Crippen LogP contribution is 2.21. The van der Waals surface area contributed by atoms with Gasteiger partial charge >= 0.3 is 0 Å². The lowest BCUT2D eigenvalue weighted by molar-refractivity contribution is -0.123. The number of aromatic nitrogens is 1. The molecule has 1 atom stereocenters. The van der Waals surface area contributed by atoms with Gasteiger partial charge in [-0.05, 0) is 36.5 Å². The second-order valence-electron chi connectivity index (χ2n) is 7.53. The van der Waals surface area contributed by atoms with E-state index in [1.807, 2.05) is 44.2 Å². The van der Waals surface area contributed by atoms with Gasteiger partial charge in [0.1, 0.15) is 11.3 Å². The van der Waals surface area contributed by atoms with E-state index >= 15 is 0 Å². The second kappa shape index (κ2) is 8.33. The number of H-pyrrole nitrogens is 1. The van der Waals surface area contributed by atoms with Crippen LogP contribution < -0.4 is 5.56 Å². The van der Waals surface area contributed by atoms with Gasteiger partial charge in [-0.25, -0.2) is 0 Å². The van der Waals surface area contributed by atoms with E-state index in [9.17, 15) is 14.4 Å². The van der Waals surface area contributed by atoms with Crippen molar-refractivity contribution in [1.82, 2.24) is 9.88 Å². The molecule has 27 heavy (non-hydrogen) atoms. The van der Waals surface area contributed by atoms with E-state index in [0.29, 0.717) is 19.5 Å². The number of aromatic amines is 1. The number of carbonyl (C=O) groups excluding carboxylic acids is 2. The molecule has 0 bridgehead atoms. The predicted octanol–water partition coefficient (Wildman–Crippen LogP) is 3.16. The lowest BCUT2D eigenvalue weighted by Gasteiger charge is -2.32. The van der Waals surface area contributed by atoms with Crippen LogP contribution in [0, 0.1) is 5.92 Å². The van der Waals surface area contributed by atoms with Crippen LogP contribution in [0.1, 0.15) is 54.2 Å². The first-order valence-electron chi connectivity index (χ1n) is 9.55. The van der Waals surface area contributed by atoms with Gasteiger partial charge in [0.2, 0.25) is 0 Å². The van der Waals surface area contributed by atoms with Crippen molar-refractivity contribution in [3.63, 3.8) is 0 Å². The molecule has 1 fully saturated rings. The molecule has 142 valence electrons.